The van der Waals surface area contributed by atoms with E-state index in [1.165, 1.54) is 4.88 Å². The second-order valence-electron chi connectivity index (χ2n) is 4.62. The first-order valence-corrected chi connectivity index (χ1v) is 6.82. The third-order valence-electron chi connectivity index (χ3n) is 3.60. The van der Waals surface area contributed by atoms with Gasteiger partial charge in [0, 0.05) is 11.3 Å². The van der Waals surface area contributed by atoms with Crippen molar-refractivity contribution in [2.45, 2.75) is 31.0 Å². The summed E-state index contributed by atoms with van der Waals surface area (Å²) in [6.07, 6.45) is 4.26. The molecule has 4 atom stereocenters. The summed E-state index contributed by atoms with van der Waals surface area (Å²) >= 11 is 1.81. The van der Waals surface area contributed by atoms with Gasteiger partial charge in [-0.15, -0.1) is 11.3 Å². The molecule has 2 aliphatic rings. The highest BCUT2D eigenvalue weighted by Gasteiger charge is 2.48. The number of fused-ring (bicyclic) bond motifs is 2. The summed E-state index contributed by atoms with van der Waals surface area (Å²) in [7, 11) is 0. The molecule has 2 bridgehead atoms. The highest BCUT2D eigenvalue weighted by molar-refractivity contribution is 7.10. The first-order valence-electron chi connectivity index (χ1n) is 5.94. The average molecular weight is 247 g/mol. The highest BCUT2D eigenvalue weighted by Crippen LogP contribution is 2.50. The normalized spacial score (nSPS) is 35.5. The van der Waals surface area contributed by atoms with Crippen molar-refractivity contribution in [2.75, 3.05) is 0 Å². The number of piperidine rings is 1. The zero-order valence-electron chi connectivity index (χ0n) is 9.28. The summed E-state index contributed by atoms with van der Waals surface area (Å²) in [4.78, 5) is 7.32. The van der Waals surface area contributed by atoms with E-state index in [0.29, 0.717) is 12.1 Å². The second kappa shape index (κ2) is 3.70. The second-order valence-corrected chi connectivity index (χ2v) is 5.60. The van der Waals surface area contributed by atoms with Gasteiger partial charge >= 0.3 is 0 Å². The van der Waals surface area contributed by atoms with Crippen molar-refractivity contribution in [3.05, 3.63) is 46.5 Å². The fourth-order valence-electron chi connectivity index (χ4n) is 2.87. The Morgan fingerprint density at radius 2 is 2.12 bits per heavy atom. The molecule has 2 fully saturated rings. The van der Waals surface area contributed by atoms with Crippen molar-refractivity contribution < 1.29 is 9.25 Å². The molecule has 17 heavy (non-hydrogen) atoms. The first kappa shape index (κ1) is 9.88. The molecule has 2 saturated heterocycles. The first-order chi connectivity index (χ1) is 8.42. The summed E-state index contributed by atoms with van der Waals surface area (Å²) in [6.45, 7) is 0. The molecule has 4 heteroatoms. The van der Waals surface area contributed by atoms with Gasteiger partial charge in [0.25, 0.3) is 0 Å². The lowest BCUT2D eigenvalue weighted by molar-refractivity contribution is -0.138. The van der Waals surface area contributed by atoms with Gasteiger partial charge < -0.3 is 4.42 Å². The van der Waals surface area contributed by atoms with E-state index in [1.54, 1.807) is 17.6 Å². The van der Waals surface area contributed by atoms with Crippen molar-refractivity contribution in [3.63, 3.8) is 0 Å². The molecule has 0 amide bonds. The zero-order valence-corrected chi connectivity index (χ0v) is 10.1. The maximum absolute atomic E-state index is 5.93. The molecule has 0 saturated carbocycles. The van der Waals surface area contributed by atoms with Crippen molar-refractivity contribution in [1.29, 1.82) is 0 Å². The lowest BCUT2D eigenvalue weighted by Crippen LogP contribution is -2.25. The standard InChI is InChI=1S/C13H13NO2S/c1-3-12(15-5-1)10-7-9-8-11(14(10)16-9)13-4-2-6-17-13/h1-6,9-11H,7-8H2. The summed E-state index contributed by atoms with van der Waals surface area (Å²) in [5, 5.41) is 4.26. The lowest BCUT2D eigenvalue weighted by atomic mass is 9.95. The summed E-state index contributed by atoms with van der Waals surface area (Å²) in [5.41, 5.74) is 0. The quantitative estimate of drug-likeness (QED) is 0.811. The monoisotopic (exact) mass is 247 g/mol. The topological polar surface area (TPSA) is 25.6 Å². The number of furan rings is 1. The van der Waals surface area contributed by atoms with E-state index in [2.05, 4.69) is 22.6 Å². The molecule has 88 valence electrons. The number of nitrogens with zero attached hydrogens (tertiary/aromatic N) is 1. The maximum Gasteiger partial charge on any atom is 0.123 e. The number of thiophene rings is 1. The van der Waals surface area contributed by atoms with E-state index in [0.717, 1.165) is 18.6 Å². The summed E-state index contributed by atoms with van der Waals surface area (Å²) in [6, 6.07) is 8.98. The Morgan fingerprint density at radius 3 is 2.82 bits per heavy atom. The molecule has 0 aliphatic carbocycles. The highest BCUT2D eigenvalue weighted by atomic mass is 32.1. The Balaban J connectivity index is 1.65. The molecule has 0 spiro atoms. The van der Waals surface area contributed by atoms with Crippen LogP contribution in [-0.2, 0) is 4.84 Å². The minimum atomic E-state index is 0.288. The zero-order chi connectivity index (χ0) is 11.2. The molecule has 2 aromatic heterocycles. The van der Waals surface area contributed by atoms with Crippen molar-refractivity contribution in [1.82, 2.24) is 5.06 Å². The fourth-order valence-corrected chi connectivity index (χ4v) is 3.70. The Morgan fingerprint density at radius 1 is 1.18 bits per heavy atom. The molecule has 0 N–H and O–H groups in total. The van der Waals surface area contributed by atoms with E-state index in [4.69, 9.17) is 9.25 Å². The van der Waals surface area contributed by atoms with Crippen LogP contribution < -0.4 is 0 Å². The van der Waals surface area contributed by atoms with E-state index in [1.807, 2.05) is 12.1 Å². The Hall–Kier alpha value is -1.10. The Bertz CT molecular complexity index is 449. The Kier molecular flexibility index (Phi) is 2.15. The van der Waals surface area contributed by atoms with E-state index < -0.39 is 0 Å². The minimum Gasteiger partial charge on any atom is -0.468 e. The van der Waals surface area contributed by atoms with Crippen LogP contribution in [0.5, 0.6) is 0 Å². The van der Waals surface area contributed by atoms with Crippen LogP contribution in [0, 0.1) is 0 Å². The van der Waals surface area contributed by atoms with Crippen LogP contribution in [0.25, 0.3) is 0 Å². The van der Waals surface area contributed by atoms with Crippen LogP contribution in [0.15, 0.2) is 40.3 Å². The number of rotatable bonds is 2. The number of hydrogen-bond acceptors (Lipinski definition) is 4. The molecule has 2 aromatic rings. The van der Waals surface area contributed by atoms with Crippen molar-refractivity contribution >= 4 is 11.3 Å². The molecule has 2 aliphatic heterocycles. The third kappa shape index (κ3) is 1.48. The van der Waals surface area contributed by atoms with Crippen LogP contribution in [0.4, 0.5) is 0 Å². The van der Waals surface area contributed by atoms with Gasteiger partial charge in [-0.05, 0) is 30.0 Å². The maximum atomic E-state index is 5.93. The van der Waals surface area contributed by atoms with Gasteiger partial charge in [-0.25, -0.2) is 0 Å². The van der Waals surface area contributed by atoms with Crippen LogP contribution in [-0.4, -0.2) is 11.2 Å². The van der Waals surface area contributed by atoms with E-state index in [9.17, 15) is 0 Å². The van der Waals surface area contributed by atoms with Gasteiger partial charge in [-0.1, -0.05) is 6.07 Å². The predicted octanol–water partition coefficient (Wildman–Crippen LogP) is 3.53. The van der Waals surface area contributed by atoms with Gasteiger partial charge in [0.15, 0.2) is 0 Å². The van der Waals surface area contributed by atoms with E-state index >= 15 is 0 Å². The van der Waals surface area contributed by atoms with Crippen LogP contribution >= 0.6 is 11.3 Å². The Labute approximate surface area is 104 Å². The van der Waals surface area contributed by atoms with E-state index in [-0.39, 0.29) is 6.04 Å². The predicted molar refractivity (Wildman–Crippen MR) is 64.5 cm³/mol. The molecule has 4 rings (SSSR count). The SMILES string of the molecule is c1coc(C2CC3CC(c4cccs4)N2O3)c1. The van der Waals surface area contributed by atoms with Crippen molar-refractivity contribution in [3.8, 4) is 0 Å². The van der Waals surface area contributed by atoms with Gasteiger partial charge in [0.05, 0.1) is 24.5 Å². The molecular weight excluding hydrogens is 234 g/mol. The van der Waals surface area contributed by atoms with Gasteiger partial charge in [-0.3, -0.25) is 4.84 Å². The van der Waals surface area contributed by atoms with Gasteiger partial charge in [-0.2, -0.15) is 5.06 Å². The summed E-state index contributed by atoms with van der Waals surface area (Å²) < 4.78 is 5.52. The van der Waals surface area contributed by atoms with Crippen molar-refractivity contribution in [2.24, 2.45) is 0 Å². The smallest absolute Gasteiger partial charge is 0.123 e. The molecular formula is C13H13NO2S. The van der Waals surface area contributed by atoms with Crippen LogP contribution in [0.1, 0.15) is 35.6 Å². The van der Waals surface area contributed by atoms with Gasteiger partial charge in [0.2, 0.25) is 0 Å². The minimum absolute atomic E-state index is 0.288. The average Bonchev–Trinajstić information content (AvgIpc) is 3.12. The summed E-state index contributed by atoms with van der Waals surface area (Å²) in [5.74, 6) is 1.02. The molecule has 4 heterocycles. The molecule has 0 aromatic carbocycles. The van der Waals surface area contributed by atoms with Gasteiger partial charge in [0.1, 0.15) is 5.76 Å². The third-order valence-corrected chi connectivity index (χ3v) is 4.57. The largest absolute Gasteiger partial charge is 0.468 e. The molecule has 0 radical (unpaired) electrons. The molecule has 3 nitrogen and oxygen atoms in total. The van der Waals surface area contributed by atoms with Crippen LogP contribution in [0.2, 0.25) is 0 Å². The number of hydroxylamine groups is 2. The van der Waals surface area contributed by atoms with Crippen LogP contribution in [0.3, 0.4) is 0 Å². The number of hydrogen-bond donors (Lipinski definition) is 0. The molecule has 4 unspecified atom stereocenters. The lowest BCUT2D eigenvalue weighted by Gasteiger charge is -2.27. The fraction of sp³-hybridized carbons (Fsp3) is 0.385.